The third-order valence-corrected chi connectivity index (χ3v) is 8.80. The van der Waals surface area contributed by atoms with Crippen LogP contribution in [0.5, 0.6) is 0 Å². The summed E-state index contributed by atoms with van der Waals surface area (Å²) in [7, 11) is -4.24. The average molecular weight is 607 g/mol. The van der Waals surface area contributed by atoms with Crippen molar-refractivity contribution >= 4 is 26.9 Å². The van der Waals surface area contributed by atoms with Gasteiger partial charge < -0.3 is 14.3 Å². The van der Waals surface area contributed by atoms with Gasteiger partial charge in [-0.25, -0.2) is 12.8 Å². The maximum atomic E-state index is 13.6. The summed E-state index contributed by atoms with van der Waals surface area (Å²) < 4.78 is 87.1. The highest BCUT2D eigenvalue weighted by Crippen LogP contribution is 2.31. The first-order chi connectivity index (χ1) is 19.8. The van der Waals surface area contributed by atoms with Gasteiger partial charge in [-0.2, -0.15) is 17.5 Å². The Morgan fingerprint density at radius 1 is 1.14 bits per heavy atom. The minimum Gasteiger partial charge on any atom is -0.443 e. The SMILES string of the molecule is CC(C)n1cc(-c2ccc(C(F)(F)F)nc2)cc(CNC(=O)[C@@H]2CCCN2S(=O)(=O)c2cc3cc(F)ccc3o2)c1=O. The molecule has 5 rings (SSSR count). The lowest BCUT2D eigenvalue weighted by molar-refractivity contribution is -0.141. The van der Waals surface area contributed by atoms with Gasteiger partial charge in [-0.15, -0.1) is 0 Å². The van der Waals surface area contributed by atoms with Crippen LogP contribution in [-0.4, -0.2) is 40.8 Å². The number of alkyl halides is 3. The van der Waals surface area contributed by atoms with E-state index in [4.69, 9.17) is 4.42 Å². The van der Waals surface area contributed by atoms with Crippen LogP contribution in [-0.2, 0) is 27.5 Å². The molecule has 4 heterocycles. The Hall–Kier alpha value is -4.04. The molecule has 0 bridgehead atoms. The van der Waals surface area contributed by atoms with Crippen molar-refractivity contribution in [3.63, 3.8) is 0 Å². The fourth-order valence-electron chi connectivity index (χ4n) is 4.88. The maximum Gasteiger partial charge on any atom is 0.433 e. The molecule has 3 aromatic heterocycles. The van der Waals surface area contributed by atoms with Gasteiger partial charge in [-0.05, 0) is 57.0 Å². The first-order valence-corrected chi connectivity index (χ1v) is 14.5. The normalized spacial score (nSPS) is 16.4. The Labute approximate surface area is 237 Å². The molecule has 1 amide bonds. The van der Waals surface area contributed by atoms with E-state index in [-0.39, 0.29) is 42.1 Å². The molecule has 1 N–H and O–H groups in total. The number of benzene rings is 1. The van der Waals surface area contributed by atoms with Crippen molar-refractivity contribution in [2.24, 2.45) is 0 Å². The first kappa shape index (κ1) is 29.5. The molecular weight excluding hydrogens is 580 g/mol. The summed E-state index contributed by atoms with van der Waals surface area (Å²) in [5.74, 6) is -1.18. The zero-order valence-corrected chi connectivity index (χ0v) is 23.3. The summed E-state index contributed by atoms with van der Waals surface area (Å²) in [6, 6.07) is 6.98. The molecule has 4 aromatic rings. The summed E-state index contributed by atoms with van der Waals surface area (Å²) in [6.07, 6.45) is -1.40. The van der Waals surface area contributed by atoms with Gasteiger partial charge in [0, 0.05) is 59.7 Å². The average Bonchev–Trinajstić information content (AvgIpc) is 3.60. The van der Waals surface area contributed by atoms with Crippen molar-refractivity contribution in [3.05, 3.63) is 82.3 Å². The minimum atomic E-state index is -4.60. The third-order valence-electron chi connectivity index (χ3n) is 7.04. The predicted molar refractivity (Wildman–Crippen MR) is 144 cm³/mol. The number of nitrogens with one attached hydrogen (secondary N) is 1. The van der Waals surface area contributed by atoms with E-state index in [1.54, 1.807) is 13.8 Å². The van der Waals surface area contributed by atoms with E-state index < -0.39 is 50.3 Å². The molecule has 0 saturated carbocycles. The van der Waals surface area contributed by atoms with Gasteiger partial charge in [0.05, 0.1) is 0 Å². The summed E-state index contributed by atoms with van der Waals surface area (Å²) in [5.41, 5.74) is -0.383. The van der Waals surface area contributed by atoms with Gasteiger partial charge in [-0.3, -0.25) is 14.6 Å². The molecule has 9 nitrogen and oxygen atoms in total. The van der Waals surface area contributed by atoms with Gasteiger partial charge in [0.1, 0.15) is 23.1 Å². The molecule has 1 aliphatic rings. The van der Waals surface area contributed by atoms with Crippen LogP contribution in [0.4, 0.5) is 17.6 Å². The van der Waals surface area contributed by atoms with E-state index in [9.17, 15) is 35.6 Å². The molecular formula is C28H26F4N4O5S. The molecule has 0 radical (unpaired) electrons. The van der Waals surface area contributed by atoms with Crippen LogP contribution in [0, 0.1) is 5.82 Å². The largest absolute Gasteiger partial charge is 0.443 e. The molecule has 1 aliphatic heterocycles. The number of hydrogen-bond acceptors (Lipinski definition) is 6. The van der Waals surface area contributed by atoms with Crippen LogP contribution in [0.3, 0.4) is 0 Å². The number of rotatable bonds is 7. The molecule has 1 fully saturated rings. The maximum absolute atomic E-state index is 13.6. The van der Waals surface area contributed by atoms with Crippen LogP contribution in [0.25, 0.3) is 22.1 Å². The number of nitrogens with zero attached hydrogens (tertiary/aromatic N) is 3. The van der Waals surface area contributed by atoms with E-state index in [0.717, 1.165) is 28.7 Å². The number of halogens is 4. The number of carbonyl (C=O) groups is 1. The Kier molecular flexibility index (Phi) is 7.70. The van der Waals surface area contributed by atoms with Crippen LogP contribution in [0.1, 0.15) is 44.0 Å². The number of hydrogen-bond donors (Lipinski definition) is 1. The van der Waals surface area contributed by atoms with E-state index >= 15 is 0 Å². The highest BCUT2D eigenvalue weighted by atomic mass is 32.2. The van der Waals surface area contributed by atoms with Crippen LogP contribution in [0.2, 0.25) is 0 Å². The minimum absolute atomic E-state index is 0.0579. The lowest BCUT2D eigenvalue weighted by Gasteiger charge is -2.22. The van der Waals surface area contributed by atoms with E-state index in [1.807, 2.05) is 0 Å². The Balaban J connectivity index is 1.38. The van der Waals surface area contributed by atoms with Crippen LogP contribution < -0.4 is 10.9 Å². The standard InChI is InChI=1S/C28H26F4N4O5S/c1-16(2)35-15-20(17-5-8-24(33-13-17)28(30,31)32)10-19(27(35)38)14-34-26(37)22-4-3-9-36(22)42(39,40)25-12-18-11-21(29)6-7-23(18)41-25/h5-8,10-13,15-16,22H,3-4,9,14H2,1-2H3,(H,34,37)/t22-/m0/s1. The Bertz CT molecular complexity index is 1810. The molecule has 42 heavy (non-hydrogen) atoms. The van der Waals surface area contributed by atoms with Gasteiger partial charge in [-0.1, -0.05) is 6.07 Å². The van der Waals surface area contributed by atoms with Crippen molar-refractivity contribution in [2.45, 2.75) is 56.6 Å². The van der Waals surface area contributed by atoms with Crippen molar-refractivity contribution < 1.29 is 35.2 Å². The number of amides is 1. The summed E-state index contributed by atoms with van der Waals surface area (Å²) in [5, 5.41) is 2.49. The summed E-state index contributed by atoms with van der Waals surface area (Å²) >= 11 is 0. The number of pyridine rings is 2. The first-order valence-electron chi connectivity index (χ1n) is 13.0. The molecule has 222 valence electrons. The lowest BCUT2D eigenvalue weighted by Crippen LogP contribution is -2.46. The van der Waals surface area contributed by atoms with Gasteiger partial charge in [0.2, 0.25) is 11.0 Å². The van der Waals surface area contributed by atoms with Crippen molar-refractivity contribution in [3.8, 4) is 11.1 Å². The smallest absolute Gasteiger partial charge is 0.433 e. The number of fused-ring (bicyclic) bond motifs is 1. The van der Waals surface area contributed by atoms with Crippen molar-refractivity contribution in [1.82, 2.24) is 19.2 Å². The highest BCUT2D eigenvalue weighted by Gasteiger charge is 2.41. The van der Waals surface area contributed by atoms with Gasteiger partial charge in [0.15, 0.2) is 0 Å². The molecule has 0 unspecified atom stereocenters. The van der Waals surface area contributed by atoms with Gasteiger partial charge >= 0.3 is 6.18 Å². The lowest BCUT2D eigenvalue weighted by atomic mass is 10.1. The number of aromatic nitrogens is 2. The molecule has 1 saturated heterocycles. The highest BCUT2D eigenvalue weighted by molar-refractivity contribution is 7.89. The topological polar surface area (TPSA) is 115 Å². The zero-order valence-electron chi connectivity index (χ0n) is 22.5. The number of carbonyl (C=O) groups excluding carboxylic acids is 1. The molecule has 1 atom stereocenters. The monoisotopic (exact) mass is 606 g/mol. The predicted octanol–water partition coefficient (Wildman–Crippen LogP) is 4.86. The Morgan fingerprint density at radius 2 is 1.90 bits per heavy atom. The van der Waals surface area contributed by atoms with Crippen molar-refractivity contribution in [2.75, 3.05) is 6.54 Å². The van der Waals surface area contributed by atoms with Crippen LogP contribution >= 0.6 is 0 Å². The van der Waals surface area contributed by atoms with Crippen LogP contribution in [0.15, 0.2) is 69.2 Å². The fraction of sp³-hybridized carbons (Fsp3) is 0.321. The second-order valence-corrected chi connectivity index (χ2v) is 12.1. The Morgan fingerprint density at radius 3 is 2.57 bits per heavy atom. The van der Waals surface area contributed by atoms with Crippen molar-refractivity contribution in [1.29, 1.82) is 0 Å². The fourth-order valence-corrected chi connectivity index (χ4v) is 6.49. The number of furan rings is 1. The number of sulfonamides is 1. The van der Waals surface area contributed by atoms with E-state index in [0.29, 0.717) is 17.5 Å². The zero-order chi connectivity index (χ0) is 30.4. The van der Waals surface area contributed by atoms with E-state index in [1.165, 1.54) is 35.0 Å². The molecule has 0 spiro atoms. The van der Waals surface area contributed by atoms with Gasteiger partial charge in [0.25, 0.3) is 15.6 Å². The summed E-state index contributed by atoms with van der Waals surface area (Å²) in [6.45, 7) is 3.32. The molecule has 1 aromatic carbocycles. The third kappa shape index (κ3) is 5.68. The molecule has 0 aliphatic carbocycles. The second kappa shape index (κ2) is 11.0. The quantitative estimate of drug-likeness (QED) is 0.301. The molecule has 14 heteroatoms. The second-order valence-electron chi connectivity index (χ2n) is 10.2. The van der Waals surface area contributed by atoms with E-state index in [2.05, 4.69) is 10.3 Å². The summed E-state index contributed by atoms with van der Waals surface area (Å²) in [4.78, 5) is 29.8.